The summed E-state index contributed by atoms with van der Waals surface area (Å²) >= 11 is 6.27. The number of hydrogen-bond donors (Lipinski definition) is 0. The Hall–Kier alpha value is 0.630. The molecule has 0 radical (unpaired) electrons. The zero-order chi connectivity index (χ0) is 8.01. The molecule has 2 heterocycles. The van der Waals surface area contributed by atoms with Crippen LogP contribution >= 0.6 is 56.5 Å². The van der Waals surface area contributed by atoms with Gasteiger partial charge in [-0.05, 0) is 29.5 Å². The van der Waals surface area contributed by atoms with E-state index in [1.807, 2.05) is 0 Å². The van der Waals surface area contributed by atoms with Crippen LogP contribution in [0.3, 0.4) is 0 Å². The summed E-state index contributed by atoms with van der Waals surface area (Å²) in [7, 11) is 0. The van der Waals surface area contributed by atoms with Crippen molar-refractivity contribution in [3.8, 4) is 0 Å². The van der Waals surface area contributed by atoms with Crippen LogP contribution in [-0.4, -0.2) is 9.38 Å². The van der Waals surface area contributed by atoms with Crippen molar-refractivity contribution < 1.29 is 0 Å². The first-order valence-corrected chi connectivity index (χ1v) is 6.01. The number of aromatic nitrogens is 2. The average molecular weight is 390 g/mol. The smallest absolute Gasteiger partial charge is 0.177 e. The fraction of sp³-hybridized carbons (Fsp3) is 0.167. The summed E-state index contributed by atoms with van der Waals surface area (Å²) in [5.74, 6) is 0. The molecule has 0 N–H and O–H groups in total. The number of aryl methyl sites for hydroxylation is 1. The van der Waals surface area contributed by atoms with Gasteiger partial charge in [0.2, 0.25) is 0 Å². The predicted molar refractivity (Wildman–Crippen MR) is 63.2 cm³/mol. The minimum Gasteiger partial charge on any atom is -0.282 e. The third-order valence-corrected chi connectivity index (χ3v) is 4.35. The molecule has 2 rings (SSSR count). The van der Waals surface area contributed by atoms with E-state index in [1.165, 1.54) is 10.5 Å². The number of hydrogen-bond acceptors (Lipinski definition) is 2. The lowest BCUT2D eigenvalue weighted by Gasteiger charge is -1.87. The van der Waals surface area contributed by atoms with Gasteiger partial charge in [0, 0.05) is 33.7 Å². The van der Waals surface area contributed by atoms with E-state index in [1.54, 1.807) is 11.3 Å². The van der Waals surface area contributed by atoms with Gasteiger partial charge in [-0.3, -0.25) is 4.40 Å². The van der Waals surface area contributed by atoms with Crippen LogP contribution < -0.4 is 0 Å². The van der Waals surface area contributed by atoms with Gasteiger partial charge in [0.15, 0.2) is 3.83 Å². The summed E-state index contributed by atoms with van der Waals surface area (Å²) in [6.45, 7) is 2.10. The van der Waals surface area contributed by atoms with E-state index >= 15 is 0 Å². The molecular weight excluding hydrogens is 386 g/mol. The summed E-state index contributed by atoms with van der Waals surface area (Å²) in [5.41, 5.74) is 1.27. The second kappa shape index (κ2) is 2.84. The maximum Gasteiger partial charge on any atom is 0.177 e. The third kappa shape index (κ3) is 1.21. The number of halogens is 2. The van der Waals surface area contributed by atoms with Crippen LogP contribution in [0.2, 0.25) is 0 Å². The summed E-state index contributed by atoms with van der Waals surface area (Å²) in [6, 6.07) is 0. The molecule has 0 atom stereocenters. The normalized spacial score (nSPS) is 11.2. The highest BCUT2D eigenvalue weighted by atomic mass is 127. The second-order valence-electron chi connectivity index (χ2n) is 2.19. The van der Waals surface area contributed by atoms with Crippen molar-refractivity contribution in [3.05, 3.63) is 18.6 Å². The van der Waals surface area contributed by atoms with Crippen LogP contribution in [0.25, 0.3) is 4.83 Å². The first kappa shape index (κ1) is 8.24. The van der Waals surface area contributed by atoms with Gasteiger partial charge in [0.05, 0.1) is 0 Å². The molecule has 0 bridgehead atoms. The van der Waals surface area contributed by atoms with Gasteiger partial charge in [-0.15, -0.1) is 11.3 Å². The van der Waals surface area contributed by atoms with Gasteiger partial charge in [-0.25, -0.2) is 4.98 Å². The van der Waals surface area contributed by atoms with Gasteiger partial charge in [-0.2, -0.15) is 0 Å². The number of fused-ring (bicyclic) bond motifs is 1. The average Bonchev–Trinajstić information content (AvgIpc) is 2.41. The highest BCUT2D eigenvalue weighted by Gasteiger charge is 2.09. The Morgan fingerprint density at radius 3 is 2.91 bits per heavy atom. The molecule has 0 aromatic carbocycles. The van der Waals surface area contributed by atoms with Crippen LogP contribution in [0, 0.1) is 14.5 Å². The van der Waals surface area contributed by atoms with Crippen molar-refractivity contribution in [1.82, 2.24) is 9.38 Å². The molecule has 58 valence electrons. The maximum atomic E-state index is 4.36. The van der Waals surface area contributed by atoms with E-state index in [4.69, 9.17) is 0 Å². The lowest BCUT2D eigenvalue weighted by molar-refractivity contribution is 1.05. The molecule has 0 unspecified atom stereocenters. The summed E-state index contributed by atoms with van der Waals surface area (Å²) in [4.78, 5) is 5.61. The van der Waals surface area contributed by atoms with E-state index in [0.717, 1.165) is 7.53 Å². The highest BCUT2D eigenvalue weighted by Crippen LogP contribution is 2.23. The monoisotopic (exact) mass is 390 g/mol. The van der Waals surface area contributed by atoms with Crippen LogP contribution in [-0.2, 0) is 0 Å². The Morgan fingerprint density at radius 1 is 1.55 bits per heavy atom. The number of thiazole rings is 1. The van der Waals surface area contributed by atoms with E-state index in [0.29, 0.717) is 0 Å². The van der Waals surface area contributed by atoms with E-state index < -0.39 is 0 Å². The SMILES string of the molecule is Cc1csc2c(I)nc(I)n12. The molecule has 0 aliphatic carbocycles. The van der Waals surface area contributed by atoms with Crippen molar-refractivity contribution in [3.63, 3.8) is 0 Å². The summed E-state index contributed by atoms with van der Waals surface area (Å²) < 4.78 is 4.33. The molecule has 2 nitrogen and oxygen atoms in total. The Balaban J connectivity index is 2.98. The van der Waals surface area contributed by atoms with Crippen LogP contribution in [0.1, 0.15) is 5.69 Å². The fourth-order valence-corrected chi connectivity index (χ4v) is 4.16. The number of imidazole rings is 1. The maximum absolute atomic E-state index is 4.36. The lowest BCUT2D eigenvalue weighted by atomic mass is 10.6. The first-order chi connectivity index (χ1) is 5.20. The standard InChI is InChI=1S/C6H4I2N2S/c1-3-2-11-5-4(7)9-6(8)10(3)5/h2H,1H3. The third-order valence-electron chi connectivity index (χ3n) is 1.45. The summed E-state index contributed by atoms with van der Waals surface area (Å²) in [5, 5.41) is 2.15. The Kier molecular flexibility index (Phi) is 2.13. The van der Waals surface area contributed by atoms with Crippen LogP contribution in [0.5, 0.6) is 0 Å². The summed E-state index contributed by atoms with van der Waals surface area (Å²) in [6.07, 6.45) is 0. The first-order valence-electron chi connectivity index (χ1n) is 2.97. The predicted octanol–water partition coefficient (Wildman–Crippen LogP) is 2.91. The Morgan fingerprint density at radius 2 is 2.27 bits per heavy atom. The Labute approximate surface area is 95.3 Å². The minimum absolute atomic E-state index is 1.06. The van der Waals surface area contributed by atoms with E-state index in [-0.39, 0.29) is 0 Å². The van der Waals surface area contributed by atoms with Gasteiger partial charge >= 0.3 is 0 Å². The van der Waals surface area contributed by atoms with E-state index in [9.17, 15) is 0 Å². The van der Waals surface area contributed by atoms with Crippen molar-refractivity contribution in [2.24, 2.45) is 0 Å². The zero-order valence-corrected chi connectivity index (χ0v) is 10.8. The van der Waals surface area contributed by atoms with Gasteiger partial charge in [-0.1, -0.05) is 0 Å². The lowest BCUT2D eigenvalue weighted by Crippen LogP contribution is -1.85. The molecule has 0 fully saturated rings. The van der Waals surface area contributed by atoms with Gasteiger partial charge in [0.25, 0.3) is 0 Å². The molecule has 2 aromatic rings. The molecule has 0 saturated carbocycles. The molecular formula is C6H4I2N2S. The Bertz CT molecular complexity index is 404. The number of rotatable bonds is 0. The van der Waals surface area contributed by atoms with Gasteiger partial charge in [0.1, 0.15) is 8.53 Å². The molecule has 0 aliphatic heterocycles. The van der Waals surface area contributed by atoms with Crippen molar-refractivity contribution in [1.29, 1.82) is 0 Å². The van der Waals surface area contributed by atoms with Gasteiger partial charge < -0.3 is 0 Å². The molecule has 0 aliphatic rings. The van der Waals surface area contributed by atoms with E-state index in [2.05, 4.69) is 66.9 Å². The highest BCUT2D eigenvalue weighted by molar-refractivity contribution is 14.1. The molecule has 0 spiro atoms. The largest absolute Gasteiger partial charge is 0.282 e. The fourth-order valence-electron chi connectivity index (χ4n) is 0.956. The van der Waals surface area contributed by atoms with Crippen molar-refractivity contribution in [2.75, 3.05) is 0 Å². The molecule has 2 aromatic heterocycles. The van der Waals surface area contributed by atoms with Crippen LogP contribution in [0.4, 0.5) is 0 Å². The molecule has 0 saturated heterocycles. The molecule has 0 amide bonds. The number of nitrogens with zero attached hydrogens (tertiary/aromatic N) is 2. The second-order valence-corrected chi connectivity index (χ2v) is 5.03. The topological polar surface area (TPSA) is 17.3 Å². The van der Waals surface area contributed by atoms with Crippen molar-refractivity contribution >= 4 is 61.3 Å². The molecule has 5 heteroatoms. The molecule has 11 heavy (non-hydrogen) atoms. The minimum atomic E-state index is 1.06. The quantitative estimate of drug-likeness (QED) is 0.633. The van der Waals surface area contributed by atoms with Crippen LogP contribution in [0.15, 0.2) is 5.38 Å². The van der Waals surface area contributed by atoms with Crippen molar-refractivity contribution in [2.45, 2.75) is 6.92 Å². The zero-order valence-electron chi connectivity index (χ0n) is 5.64.